The van der Waals surface area contributed by atoms with Gasteiger partial charge in [0.2, 0.25) is 0 Å². The van der Waals surface area contributed by atoms with Gasteiger partial charge in [-0.25, -0.2) is 0 Å². The predicted molar refractivity (Wildman–Crippen MR) is 101 cm³/mol. The Bertz CT molecular complexity index is 676. The fourth-order valence-corrected chi connectivity index (χ4v) is 5.78. The molecule has 1 aromatic rings. The Morgan fingerprint density at radius 3 is 2.15 bits per heavy atom. The second kappa shape index (κ2) is 7.17. The summed E-state index contributed by atoms with van der Waals surface area (Å²) in [5, 5.41) is 2.86. The van der Waals surface area contributed by atoms with Crippen LogP contribution in [0, 0.1) is 23.2 Å². The third kappa shape index (κ3) is 3.69. The van der Waals surface area contributed by atoms with E-state index in [1.807, 2.05) is 24.3 Å². The number of carbonyl (C=O) groups is 2. The molecule has 0 saturated heterocycles. The lowest BCUT2D eigenvalue weighted by Gasteiger charge is -2.55. The van der Waals surface area contributed by atoms with Crippen molar-refractivity contribution in [3.8, 4) is 5.75 Å². The van der Waals surface area contributed by atoms with Crippen molar-refractivity contribution in [2.45, 2.75) is 58.1 Å². The first-order valence-electron chi connectivity index (χ1n) is 10.1. The zero-order valence-electron chi connectivity index (χ0n) is 16.2. The summed E-state index contributed by atoms with van der Waals surface area (Å²) >= 11 is 0. The van der Waals surface area contributed by atoms with Gasteiger partial charge in [-0.3, -0.25) is 9.59 Å². The minimum Gasteiger partial charge on any atom is -0.497 e. The van der Waals surface area contributed by atoms with Crippen molar-refractivity contribution >= 4 is 11.9 Å². The van der Waals surface area contributed by atoms with Crippen LogP contribution in [-0.2, 0) is 20.9 Å². The van der Waals surface area contributed by atoms with E-state index in [1.54, 1.807) is 14.0 Å². The summed E-state index contributed by atoms with van der Waals surface area (Å²) in [4.78, 5) is 25.3. The smallest absolute Gasteiger partial charge is 0.312 e. The fourth-order valence-electron chi connectivity index (χ4n) is 5.78. The molecule has 1 aromatic carbocycles. The lowest BCUT2D eigenvalue weighted by Crippen LogP contribution is -2.51. The van der Waals surface area contributed by atoms with Crippen molar-refractivity contribution in [1.82, 2.24) is 5.32 Å². The van der Waals surface area contributed by atoms with Gasteiger partial charge in [0.25, 0.3) is 5.91 Å². The minimum atomic E-state index is -0.760. The first-order valence-corrected chi connectivity index (χ1v) is 10.1. The molecule has 4 bridgehead atoms. The SMILES string of the molecule is COc1ccc(CNC(=O)[C@H](C)OC(=O)C23CC4CC(CC(C4)C2)C3)cc1. The van der Waals surface area contributed by atoms with Gasteiger partial charge in [0.1, 0.15) is 5.75 Å². The maximum atomic E-state index is 12.9. The quantitative estimate of drug-likeness (QED) is 0.778. The van der Waals surface area contributed by atoms with E-state index in [4.69, 9.17) is 9.47 Å². The Morgan fingerprint density at radius 2 is 1.63 bits per heavy atom. The van der Waals surface area contributed by atoms with E-state index < -0.39 is 6.10 Å². The summed E-state index contributed by atoms with van der Waals surface area (Å²) in [6.45, 7) is 2.07. The first-order chi connectivity index (χ1) is 13.0. The van der Waals surface area contributed by atoms with Crippen LogP contribution in [0.1, 0.15) is 51.0 Å². The topological polar surface area (TPSA) is 64.6 Å². The molecule has 4 aliphatic carbocycles. The van der Waals surface area contributed by atoms with Gasteiger partial charge in [0, 0.05) is 6.54 Å². The van der Waals surface area contributed by atoms with E-state index in [9.17, 15) is 9.59 Å². The van der Waals surface area contributed by atoms with E-state index in [0.717, 1.165) is 30.6 Å². The lowest BCUT2D eigenvalue weighted by molar-refractivity contribution is -0.178. The Labute approximate surface area is 160 Å². The van der Waals surface area contributed by atoms with E-state index >= 15 is 0 Å². The third-order valence-corrected chi connectivity index (χ3v) is 6.75. The molecule has 146 valence electrons. The van der Waals surface area contributed by atoms with Crippen LogP contribution in [-0.4, -0.2) is 25.1 Å². The minimum absolute atomic E-state index is 0.145. The zero-order valence-corrected chi connectivity index (χ0v) is 16.2. The second-order valence-corrected chi connectivity index (χ2v) is 8.81. The molecule has 0 aromatic heterocycles. The van der Waals surface area contributed by atoms with Gasteiger partial charge in [-0.05, 0) is 80.9 Å². The van der Waals surface area contributed by atoms with Gasteiger partial charge in [-0.15, -0.1) is 0 Å². The van der Waals surface area contributed by atoms with Gasteiger partial charge in [-0.1, -0.05) is 12.1 Å². The molecule has 1 N–H and O–H groups in total. The maximum absolute atomic E-state index is 12.9. The third-order valence-electron chi connectivity index (χ3n) is 6.75. The number of hydrogen-bond donors (Lipinski definition) is 1. The molecule has 4 aliphatic rings. The highest BCUT2D eigenvalue weighted by Gasteiger charge is 2.55. The number of nitrogens with one attached hydrogen (secondary N) is 1. The number of methoxy groups -OCH3 is 1. The molecule has 1 amide bonds. The van der Waals surface area contributed by atoms with Crippen LogP contribution in [0.4, 0.5) is 0 Å². The normalized spacial score (nSPS) is 32.0. The summed E-state index contributed by atoms with van der Waals surface area (Å²) in [6.07, 6.45) is 5.96. The van der Waals surface area contributed by atoms with Gasteiger partial charge in [-0.2, -0.15) is 0 Å². The van der Waals surface area contributed by atoms with Crippen molar-refractivity contribution in [2.75, 3.05) is 7.11 Å². The van der Waals surface area contributed by atoms with Crippen molar-refractivity contribution in [3.63, 3.8) is 0 Å². The highest BCUT2D eigenvalue weighted by molar-refractivity contribution is 5.85. The van der Waals surface area contributed by atoms with Crippen molar-refractivity contribution in [3.05, 3.63) is 29.8 Å². The molecular formula is C22H29NO4. The number of benzene rings is 1. The van der Waals surface area contributed by atoms with Crippen LogP contribution in [0.5, 0.6) is 5.75 Å². The van der Waals surface area contributed by atoms with E-state index in [2.05, 4.69) is 5.32 Å². The van der Waals surface area contributed by atoms with Crippen LogP contribution in [0.15, 0.2) is 24.3 Å². The number of ether oxygens (including phenoxy) is 2. The lowest BCUT2D eigenvalue weighted by atomic mass is 9.49. The van der Waals surface area contributed by atoms with Gasteiger partial charge < -0.3 is 14.8 Å². The molecular weight excluding hydrogens is 342 g/mol. The predicted octanol–water partition coefficient (Wildman–Crippen LogP) is 3.46. The fraction of sp³-hybridized carbons (Fsp3) is 0.636. The number of carbonyl (C=O) groups excluding carboxylic acids is 2. The van der Waals surface area contributed by atoms with Crippen LogP contribution in [0.2, 0.25) is 0 Å². The maximum Gasteiger partial charge on any atom is 0.312 e. The average molecular weight is 371 g/mol. The summed E-state index contributed by atoms with van der Waals surface area (Å²) in [6, 6.07) is 7.53. The Balaban J connectivity index is 1.31. The summed E-state index contributed by atoms with van der Waals surface area (Å²) in [7, 11) is 1.62. The van der Waals surface area contributed by atoms with E-state index in [0.29, 0.717) is 24.3 Å². The number of amides is 1. The molecule has 0 radical (unpaired) electrons. The molecule has 27 heavy (non-hydrogen) atoms. The van der Waals surface area contributed by atoms with Crippen molar-refractivity contribution in [1.29, 1.82) is 0 Å². The first kappa shape index (κ1) is 18.3. The molecule has 0 heterocycles. The Morgan fingerprint density at radius 1 is 1.07 bits per heavy atom. The standard InChI is InChI=1S/C22H29NO4/c1-14(20(24)23-13-15-3-5-19(26-2)6-4-15)27-21(25)22-10-16-7-17(11-22)9-18(8-16)12-22/h3-6,14,16-18H,7-13H2,1-2H3,(H,23,24)/t14-,16?,17?,18?,22?/m0/s1. The second-order valence-electron chi connectivity index (χ2n) is 8.81. The monoisotopic (exact) mass is 371 g/mol. The molecule has 0 spiro atoms. The molecule has 4 fully saturated rings. The molecule has 5 heteroatoms. The molecule has 5 rings (SSSR count). The number of esters is 1. The summed E-state index contributed by atoms with van der Waals surface area (Å²) in [5.74, 6) is 2.44. The zero-order chi connectivity index (χ0) is 19.0. The molecule has 0 aliphatic heterocycles. The molecule has 0 unspecified atom stereocenters. The number of hydrogen-bond acceptors (Lipinski definition) is 4. The molecule has 4 saturated carbocycles. The van der Waals surface area contributed by atoms with Crippen LogP contribution < -0.4 is 10.1 Å². The van der Waals surface area contributed by atoms with Crippen LogP contribution in [0.3, 0.4) is 0 Å². The van der Waals surface area contributed by atoms with Gasteiger partial charge >= 0.3 is 5.97 Å². The average Bonchev–Trinajstić information content (AvgIpc) is 2.65. The highest BCUT2D eigenvalue weighted by atomic mass is 16.5. The van der Waals surface area contributed by atoms with Crippen LogP contribution in [0.25, 0.3) is 0 Å². The van der Waals surface area contributed by atoms with Gasteiger partial charge in [0.15, 0.2) is 6.10 Å². The molecule has 1 atom stereocenters. The van der Waals surface area contributed by atoms with Gasteiger partial charge in [0.05, 0.1) is 12.5 Å². The highest BCUT2D eigenvalue weighted by Crippen LogP contribution is 2.60. The van der Waals surface area contributed by atoms with Crippen molar-refractivity contribution in [2.24, 2.45) is 23.2 Å². The summed E-state index contributed by atoms with van der Waals surface area (Å²) in [5.41, 5.74) is 0.656. The Kier molecular flexibility index (Phi) is 4.87. The summed E-state index contributed by atoms with van der Waals surface area (Å²) < 4.78 is 10.8. The Hall–Kier alpha value is -2.04. The van der Waals surface area contributed by atoms with Crippen molar-refractivity contribution < 1.29 is 19.1 Å². The molecule has 5 nitrogen and oxygen atoms in total. The van der Waals surface area contributed by atoms with E-state index in [-0.39, 0.29) is 17.3 Å². The van der Waals surface area contributed by atoms with E-state index in [1.165, 1.54) is 19.3 Å². The number of rotatable bonds is 6. The largest absolute Gasteiger partial charge is 0.497 e. The van der Waals surface area contributed by atoms with Crippen LogP contribution >= 0.6 is 0 Å².